The number of furan rings is 1. The van der Waals surface area contributed by atoms with E-state index in [0.29, 0.717) is 32.2 Å². The van der Waals surface area contributed by atoms with E-state index in [-0.39, 0.29) is 5.91 Å². The Labute approximate surface area is 113 Å². The van der Waals surface area contributed by atoms with Crippen LogP contribution in [0.1, 0.15) is 30.8 Å². The van der Waals surface area contributed by atoms with Crippen LogP contribution in [0.5, 0.6) is 0 Å². The van der Waals surface area contributed by atoms with Gasteiger partial charge in [-0.05, 0) is 24.5 Å². The highest BCUT2D eigenvalue weighted by molar-refractivity contribution is 5.77. The van der Waals surface area contributed by atoms with E-state index in [2.05, 4.69) is 17.6 Å². The summed E-state index contributed by atoms with van der Waals surface area (Å²) in [4.78, 5) is 11.4. The first kappa shape index (κ1) is 14.1. The summed E-state index contributed by atoms with van der Waals surface area (Å²) in [5.41, 5.74) is 0. The van der Waals surface area contributed by atoms with Crippen molar-refractivity contribution >= 4 is 5.91 Å². The molecule has 2 atom stereocenters. The Kier molecular flexibility index (Phi) is 4.99. The van der Waals surface area contributed by atoms with Crippen molar-refractivity contribution in [2.45, 2.75) is 25.8 Å². The van der Waals surface area contributed by atoms with Crippen molar-refractivity contribution in [3.05, 3.63) is 23.7 Å². The average Bonchev–Trinajstić information content (AvgIpc) is 2.93. The summed E-state index contributed by atoms with van der Waals surface area (Å²) in [6.07, 6.45) is 1.22. The normalized spacial score (nSPS) is 21.4. The van der Waals surface area contributed by atoms with Gasteiger partial charge < -0.3 is 19.8 Å². The monoisotopic (exact) mass is 266 g/mol. The number of hydrogen-bond acceptors (Lipinski definition) is 4. The second-order valence-electron chi connectivity index (χ2n) is 5.07. The molecule has 0 aromatic carbocycles. The standard InChI is InChI=1S/C14H22N2O3/c1-10-7-12(10)13-4-3-11(19-13)8-15-9-14(17)16-5-6-18-2/h3-4,10,12,15H,5-9H2,1-2H3,(H,16,17). The highest BCUT2D eigenvalue weighted by atomic mass is 16.5. The molecule has 1 heterocycles. The number of nitrogens with one attached hydrogen (secondary N) is 2. The summed E-state index contributed by atoms with van der Waals surface area (Å²) >= 11 is 0. The largest absolute Gasteiger partial charge is 0.464 e. The Morgan fingerprint density at radius 1 is 1.53 bits per heavy atom. The minimum Gasteiger partial charge on any atom is -0.464 e. The van der Waals surface area contributed by atoms with E-state index in [9.17, 15) is 4.79 Å². The van der Waals surface area contributed by atoms with E-state index < -0.39 is 0 Å². The molecule has 2 rings (SSSR count). The molecule has 5 nitrogen and oxygen atoms in total. The van der Waals surface area contributed by atoms with Gasteiger partial charge >= 0.3 is 0 Å². The van der Waals surface area contributed by atoms with Crippen LogP contribution < -0.4 is 10.6 Å². The Morgan fingerprint density at radius 3 is 3.00 bits per heavy atom. The topological polar surface area (TPSA) is 63.5 Å². The maximum atomic E-state index is 11.4. The van der Waals surface area contributed by atoms with Crippen LogP contribution in [0.2, 0.25) is 0 Å². The Bertz CT molecular complexity index is 417. The highest BCUT2D eigenvalue weighted by Crippen LogP contribution is 2.47. The molecule has 1 aliphatic rings. The van der Waals surface area contributed by atoms with Crippen molar-refractivity contribution in [3.8, 4) is 0 Å². The quantitative estimate of drug-likeness (QED) is 0.695. The molecular formula is C14H22N2O3. The third-order valence-corrected chi connectivity index (χ3v) is 3.37. The third kappa shape index (κ3) is 4.36. The van der Waals surface area contributed by atoms with Crippen molar-refractivity contribution < 1.29 is 13.9 Å². The van der Waals surface area contributed by atoms with E-state index in [4.69, 9.17) is 9.15 Å². The first-order valence-corrected chi connectivity index (χ1v) is 6.75. The predicted molar refractivity (Wildman–Crippen MR) is 71.8 cm³/mol. The predicted octanol–water partition coefficient (Wildman–Crippen LogP) is 1.26. The SMILES string of the molecule is COCCNC(=O)CNCc1ccc(C2CC2C)o1. The maximum absolute atomic E-state index is 11.4. The van der Waals surface area contributed by atoms with Gasteiger partial charge in [0.15, 0.2) is 0 Å². The molecule has 2 unspecified atom stereocenters. The van der Waals surface area contributed by atoms with Crippen LogP contribution in [0, 0.1) is 5.92 Å². The van der Waals surface area contributed by atoms with Crippen LogP contribution in [0.4, 0.5) is 0 Å². The molecule has 1 fully saturated rings. The fourth-order valence-corrected chi connectivity index (χ4v) is 2.06. The molecule has 1 aliphatic carbocycles. The van der Waals surface area contributed by atoms with Crippen LogP contribution in [0.15, 0.2) is 16.5 Å². The molecule has 1 aromatic rings. The van der Waals surface area contributed by atoms with E-state index in [0.717, 1.165) is 17.4 Å². The molecule has 1 amide bonds. The molecule has 1 aromatic heterocycles. The molecule has 0 saturated heterocycles. The summed E-state index contributed by atoms with van der Waals surface area (Å²) in [7, 11) is 1.61. The maximum Gasteiger partial charge on any atom is 0.234 e. The van der Waals surface area contributed by atoms with E-state index in [1.807, 2.05) is 12.1 Å². The molecule has 1 saturated carbocycles. The van der Waals surface area contributed by atoms with Crippen LogP contribution in [0.25, 0.3) is 0 Å². The van der Waals surface area contributed by atoms with Crippen molar-refractivity contribution in [2.75, 3.05) is 26.8 Å². The number of ether oxygens (including phenoxy) is 1. The van der Waals surface area contributed by atoms with Crippen molar-refractivity contribution in [1.82, 2.24) is 10.6 Å². The van der Waals surface area contributed by atoms with Crippen LogP contribution in [-0.4, -0.2) is 32.7 Å². The summed E-state index contributed by atoms with van der Waals surface area (Å²) in [5.74, 6) is 3.29. The molecule has 0 bridgehead atoms. The molecule has 0 radical (unpaired) electrons. The number of carbonyl (C=O) groups is 1. The molecule has 19 heavy (non-hydrogen) atoms. The van der Waals surface area contributed by atoms with Crippen LogP contribution >= 0.6 is 0 Å². The van der Waals surface area contributed by atoms with Gasteiger partial charge in [0.2, 0.25) is 5.91 Å². The number of hydrogen-bond donors (Lipinski definition) is 2. The van der Waals surface area contributed by atoms with Gasteiger partial charge in [-0.25, -0.2) is 0 Å². The summed E-state index contributed by atoms with van der Waals surface area (Å²) in [6.45, 7) is 4.18. The van der Waals surface area contributed by atoms with Crippen molar-refractivity contribution in [2.24, 2.45) is 5.92 Å². The molecule has 0 aliphatic heterocycles. The van der Waals surface area contributed by atoms with Crippen molar-refractivity contribution in [1.29, 1.82) is 0 Å². The van der Waals surface area contributed by atoms with E-state index in [1.54, 1.807) is 7.11 Å². The first-order valence-electron chi connectivity index (χ1n) is 6.75. The van der Waals surface area contributed by atoms with Gasteiger partial charge in [0.25, 0.3) is 0 Å². The van der Waals surface area contributed by atoms with Gasteiger partial charge in [0.05, 0.1) is 19.7 Å². The van der Waals surface area contributed by atoms with Gasteiger partial charge in [-0.2, -0.15) is 0 Å². The average molecular weight is 266 g/mol. The number of rotatable bonds is 8. The van der Waals surface area contributed by atoms with Crippen molar-refractivity contribution in [3.63, 3.8) is 0 Å². The van der Waals surface area contributed by atoms with Gasteiger partial charge in [-0.1, -0.05) is 6.92 Å². The molecule has 2 N–H and O–H groups in total. The lowest BCUT2D eigenvalue weighted by Gasteiger charge is -2.05. The van der Waals surface area contributed by atoms with E-state index >= 15 is 0 Å². The second kappa shape index (κ2) is 6.73. The smallest absolute Gasteiger partial charge is 0.234 e. The summed E-state index contributed by atoms with van der Waals surface area (Å²) < 4.78 is 10.6. The lowest BCUT2D eigenvalue weighted by atomic mass is 10.3. The first-order chi connectivity index (χ1) is 9.20. The zero-order valence-corrected chi connectivity index (χ0v) is 11.6. The molecule has 0 spiro atoms. The summed E-state index contributed by atoms with van der Waals surface area (Å²) in [6, 6.07) is 4.03. The lowest BCUT2D eigenvalue weighted by Crippen LogP contribution is -2.35. The van der Waals surface area contributed by atoms with E-state index in [1.165, 1.54) is 6.42 Å². The third-order valence-electron chi connectivity index (χ3n) is 3.37. The van der Waals surface area contributed by atoms with Gasteiger partial charge in [0.1, 0.15) is 11.5 Å². The Morgan fingerprint density at radius 2 is 2.32 bits per heavy atom. The Hall–Kier alpha value is -1.33. The number of methoxy groups -OCH3 is 1. The molecule has 5 heteroatoms. The number of amides is 1. The Balaban J connectivity index is 1.62. The van der Waals surface area contributed by atoms with Crippen LogP contribution in [-0.2, 0) is 16.1 Å². The van der Waals surface area contributed by atoms with Gasteiger partial charge in [-0.3, -0.25) is 4.79 Å². The van der Waals surface area contributed by atoms with Gasteiger partial charge in [0, 0.05) is 19.6 Å². The second-order valence-corrected chi connectivity index (χ2v) is 5.07. The fraction of sp³-hybridized carbons (Fsp3) is 0.643. The number of carbonyl (C=O) groups excluding carboxylic acids is 1. The zero-order chi connectivity index (χ0) is 13.7. The van der Waals surface area contributed by atoms with Crippen LogP contribution in [0.3, 0.4) is 0 Å². The van der Waals surface area contributed by atoms with Gasteiger partial charge in [-0.15, -0.1) is 0 Å². The highest BCUT2D eigenvalue weighted by Gasteiger charge is 2.36. The zero-order valence-electron chi connectivity index (χ0n) is 11.6. The summed E-state index contributed by atoms with van der Waals surface area (Å²) in [5, 5.41) is 5.82. The minimum atomic E-state index is -0.0281. The lowest BCUT2D eigenvalue weighted by molar-refractivity contribution is -0.120. The fourth-order valence-electron chi connectivity index (χ4n) is 2.06. The minimum absolute atomic E-state index is 0.0281. The molecule has 106 valence electrons. The molecular weight excluding hydrogens is 244 g/mol.